The Balaban J connectivity index is 2.33. The fourth-order valence-corrected chi connectivity index (χ4v) is 2.78. The predicted molar refractivity (Wildman–Crippen MR) is 113 cm³/mol. The number of amides is 1. The zero-order valence-electron chi connectivity index (χ0n) is 16.9. The van der Waals surface area contributed by atoms with Crippen LogP contribution in [-0.2, 0) is 25.8 Å². The lowest BCUT2D eigenvalue weighted by atomic mass is 10.0. The van der Waals surface area contributed by atoms with Gasteiger partial charge in [-0.25, -0.2) is 4.39 Å². The quantitative estimate of drug-likeness (QED) is 0.457. The second kappa shape index (κ2) is 11.9. The van der Waals surface area contributed by atoms with E-state index in [2.05, 4.69) is 15.6 Å². The standard InChI is InChI=1S/C21H23ClFN3O4/c1-4-29-13-19(14-7-5-8-15(23)11-14)25-30-12-17-16(9-6-10-18(17)22)20(26-28-3)21(27)24-2/h5-11H,4,12-13H2,1-3H3,(H,24,27)/b25-19+,26-20+. The number of halogens is 2. The van der Waals surface area contributed by atoms with Gasteiger partial charge in [0.1, 0.15) is 25.2 Å². The first kappa shape index (κ1) is 23.3. The SMILES string of the molecule is CCOC/C(=N\OCc1c(Cl)cccc1/C(=N\OC)C(=O)NC)c1cccc(F)c1. The number of nitrogens with zero attached hydrogens (tertiary/aromatic N) is 2. The molecule has 1 amide bonds. The molecular formula is C21H23ClFN3O4. The number of nitrogens with one attached hydrogen (secondary N) is 1. The summed E-state index contributed by atoms with van der Waals surface area (Å²) in [6.07, 6.45) is 0. The van der Waals surface area contributed by atoms with Crippen molar-refractivity contribution in [2.24, 2.45) is 10.3 Å². The third-order valence-corrected chi connectivity index (χ3v) is 4.34. The highest BCUT2D eigenvalue weighted by Gasteiger charge is 2.20. The Hall–Kier alpha value is -2.97. The average molecular weight is 436 g/mol. The Kier molecular flexibility index (Phi) is 9.24. The molecule has 7 nitrogen and oxygen atoms in total. The predicted octanol–water partition coefficient (Wildman–Crippen LogP) is 3.53. The maximum Gasteiger partial charge on any atom is 0.273 e. The van der Waals surface area contributed by atoms with Gasteiger partial charge in [0.15, 0.2) is 5.71 Å². The molecule has 0 aromatic heterocycles. The van der Waals surface area contributed by atoms with Crippen LogP contribution in [0.5, 0.6) is 0 Å². The fourth-order valence-electron chi connectivity index (χ4n) is 2.55. The van der Waals surface area contributed by atoms with Crippen molar-refractivity contribution in [3.63, 3.8) is 0 Å². The molecule has 0 spiro atoms. The Morgan fingerprint density at radius 3 is 2.63 bits per heavy atom. The second-order valence-electron chi connectivity index (χ2n) is 5.93. The molecule has 0 fully saturated rings. The lowest BCUT2D eigenvalue weighted by Crippen LogP contribution is -2.29. The lowest BCUT2D eigenvalue weighted by Gasteiger charge is -2.12. The molecule has 0 aliphatic carbocycles. The summed E-state index contributed by atoms with van der Waals surface area (Å²) in [6, 6.07) is 11.0. The van der Waals surface area contributed by atoms with Gasteiger partial charge >= 0.3 is 0 Å². The Morgan fingerprint density at radius 1 is 1.20 bits per heavy atom. The van der Waals surface area contributed by atoms with Crippen LogP contribution in [0, 0.1) is 5.82 Å². The third-order valence-electron chi connectivity index (χ3n) is 3.98. The molecule has 0 aliphatic heterocycles. The number of likely N-dealkylation sites (N-methyl/N-ethyl adjacent to an activating group) is 1. The minimum Gasteiger partial charge on any atom is -0.398 e. The van der Waals surface area contributed by atoms with E-state index >= 15 is 0 Å². The summed E-state index contributed by atoms with van der Waals surface area (Å²) in [7, 11) is 2.82. The molecule has 0 bridgehead atoms. The zero-order valence-corrected chi connectivity index (χ0v) is 17.7. The van der Waals surface area contributed by atoms with Gasteiger partial charge in [-0.15, -0.1) is 0 Å². The minimum atomic E-state index is -0.444. The summed E-state index contributed by atoms with van der Waals surface area (Å²) >= 11 is 6.33. The first-order chi connectivity index (χ1) is 14.5. The molecular weight excluding hydrogens is 413 g/mol. The summed E-state index contributed by atoms with van der Waals surface area (Å²) in [6.45, 7) is 2.39. The van der Waals surface area contributed by atoms with Crippen LogP contribution in [0.1, 0.15) is 23.6 Å². The Bertz CT molecular complexity index is 934. The van der Waals surface area contributed by atoms with Crippen molar-refractivity contribution < 1.29 is 23.6 Å². The molecule has 0 unspecified atom stereocenters. The van der Waals surface area contributed by atoms with Crippen molar-refractivity contribution in [2.75, 3.05) is 27.4 Å². The van der Waals surface area contributed by atoms with Gasteiger partial charge < -0.3 is 19.7 Å². The molecule has 1 N–H and O–H groups in total. The van der Waals surface area contributed by atoms with E-state index in [0.717, 1.165) is 0 Å². The molecule has 9 heteroatoms. The van der Waals surface area contributed by atoms with Crippen LogP contribution in [0.15, 0.2) is 52.8 Å². The summed E-state index contributed by atoms with van der Waals surface area (Å²) < 4.78 is 19.0. The summed E-state index contributed by atoms with van der Waals surface area (Å²) in [5, 5.41) is 10.8. The maximum absolute atomic E-state index is 13.6. The average Bonchev–Trinajstić information content (AvgIpc) is 2.75. The molecule has 0 aliphatic rings. The molecule has 30 heavy (non-hydrogen) atoms. The number of rotatable bonds is 10. The van der Waals surface area contributed by atoms with E-state index in [0.29, 0.717) is 34.0 Å². The van der Waals surface area contributed by atoms with Crippen LogP contribution in [-0.4, -0.2) is 44.7 Å². The molecule has 0 heterocycles. The largest absolute Gasteiger partial charge is 0.398 e. The normalized spacial score (nSPS) is 11.9. The molecule has 2 aromatic rings. The van der Waals surface area contributed by atoms with Gasteiger partial charge in [0, 0.05) is 35.4 Å². The highest BCUT2D eigenvalue weighted by atomic mass is 35.5. The van der Waals surface area contributed by atoms with Crippen molar-refractivity contribution in [2.45, 2.75) is 13.5 Å². The monoisotopic (exact) mass is 435 g/mol. The number of hydrogen-bond donors (Lipinski definition) is 1. The van der Waals surface area contributed by atoms with E-state index in [9.17, 15) is 9.18 Å². The summed E-state index contributed by atoms with van der Waals surface area (Å²) in [4.78, 5) is 22.5. The molecule has 2 rings (SSSR count). The number of carbonyl (C=O) groups excluding carboxylic acids is 1. The number of oxime groups is 2. The lowest BCUT2D eigenvalue weighted by molar-refractivity contribution is -0.114. The van der Waals surface area contributed by atoms with Crippen molar-refractivity contribution in [3.05, 3.63) is 70.0 Å². The van der Waals surface area contributed by atoms with E-state index in [1.807, 2.05) is 6.92 Å². The minimum absolute atomic E-state index is 0.0461. The van der Waals surface area contributed by atoms with Crippen LogP contribution in [0.25, 0.3) is 0 Å². The van der Waals surface area contributed by atoms with Crippen molar-refractivity contribution in [1.29, 1.82) is 0 Å². The first-order valence-corrected chi connectivity index (χ1v) is 9.53. The van der Waals surface area contributed by atoms with Crippen molar-refractivity contribution in [3.8, 4) is 0 Å². The smallest absolute Gasteiger partial charge is 0.273 e. The van der Waals surface area contributed by atoms with Crippen LogP contribution in [0.4, 0.5) is 4.39 Å². The second-order valence-corrected chi connectivity index (χ2v) is 6.33. The van der Waals surface area contributed by atoms with Gasteiger partial charge in [0.05, 0.1) is 6.61 Å². The Morgan fingerprint density at radius 2 is 1.97 bits per heavy atom. The Labute approximate surface area is 179 Å². The highest BCUT2D eigenvalue weighted by Crippen LogP contribution is 2.22. The van der Waals surface area contributed by atoms with Crippen LogP contribution < -0.4 is 5.32 Å². The van der Waals surface area contributed by atoms with E-state index in [4.69, 9.17) is 26.0 Å². The summed E-state index contributed by atoms with van der Waals surface area (Å²) in [5.41, 5.74) is 1.94. The molecule has 160 valence electrons. The fraction of sp³-hybridized carbons (Fsp3) is 0.286. The van der Waals surface area contributed by atoms with Gasteiger partial charge in [0.25, 0.3) is 5.91 Å². The van der Waals surface area contributed by atoms with Gasteiger partial charge in [0.2, 0.25) is 0 Å². The third kappa shape index (κ3) is 6.27. The van der Waals surface area contributed by atoms with Gasteiger partial charge in [-0.1, -0.05) is 46.2 Å². The van der Waals surface area contributed by atoms with E-state index < -0.39 is 11.7 Å². The van der Waals surface area contributed by atoms with Gasteiger partial charge in [-0.3, -0.25) is 4.79 Å². The van der Waals surface area contributed by atoms with Gasteiger partial charge in [-0.05, 0) is 25.1 Å². The number of benzene rings is 2. The van der Waals surface area contributed by atoms with Crippen LogP contribution >= 0.6 is 11.6 Å². The van der Waals surface area contributed by atoms with Crippen LogP contribution in [0.3, 0.4) is 0 Å². The number of carbonyl (C=O) groups is 1. The van der Waals surface area contributed by atoms with E-state index in [-0.39, 0.29) is 18.9 Å². The highest BCUT2D eigenvalue weighted by molar-refractivity contribution is 6.46. The molecule has 0 atom stereocenters. The van der Waals surface area contributed by atoms with Gasteiger partial charge in [-0.2, -0.15) is 0 Å². The molecule has 0 saturated carbocycles. The number of hydrogen-bond acceptors (Lipinski definition) is 6. The molecule has 0 radical (unpaired) electrons. The van der Waals surface area contributed by atoms with Crippen molar-refractivity contribution >= 4 is 28.9 Å². The zero-order chi connectivity index (χ0) is 21.9. The van der Waals surface area contributed by atoms with Crippen molar-refractivity contribution in [1.82, 2.24) is 5.32 Å². The molecule has 0 saturated heterocycles. The summed E-state index contributed by atoms with van der Waals surface area (Å²) in [5.74, 6) is -0.836. The van der Waals surface area contributed by atoms with E-state index in [1.165, 1.54) is 26.3 Å². The number of ether oxygens (including phenoxy) is 1. The topological polar surface area (TPSA) is 81.5 Å². The first-order valence-electron chi connectivity index (χ1n) is 9.15. The van der Waals surface area contributed by atoms with Crippen LogP contribution in [0.2, 0.25) is 5.02 Å². The van der Waals surface area contributed by atoms with E-state index in [1.54, 1.807) is 30.3 Å². The maximum atomic E-state index is 13.6. The molecule has 2 aromatic carbocycles.